The molecule has 29 heavy (non-hydrogen) atoms. The SMILES string of the molecule is CCc1ccccc1NC(=O)CN1CCN(C(=S)Nc2ccc(OC)cc2)CC1. The van der Waals surface area contributed by atoms with E-state index in [1.165, 1.54) is 0 Å². The Morgan fingerprint density at radius 3 is 2.38 bits per heavy atom. The van der Waals surface area contributed by atoms with Crippen molar-refractivity contribution in [1.29, 1.82) is 0 Å². The Morgan fingerprint density at radius 1 is 1.03 bits per heavy atom. The topological polar surface area (TPSA) is 56.8 Å². The number of aryl methyl sites for hydroxylation is 1. The first-order valence-electron chi connectivity index (χ1n) is 9.89. The Labute approximate surface area is 177 Å². The smallest absolute Gasteiger partial charge is 0.238 e. The van der Waals surface area contributed by atoms with Crippen LogP contribution in [-0.2, 0) is 11.2 Å². The Hall–Kier alpha value is -2.64. The number of anilines is 2. The number of hydrogen-bond donors (Lipinski definition) is 2. The predicted molar refractivity (Wildman–Crippen MR) is 122 cm³/mol. The van der Waals surface area contributed by atoms with Crippen LogP contribution in [0.25, 0.3) is 0 Å². The van der Waals surface area contributed by atoms with Crippen LogP contribution in [-0.4, -0.2) is 60.7 Å². The molecule has 0 aromatic heterocycles. The molecule has 0 radical (unpaired) electrons. The van der Waals surface area contributed by atoms with Gasteiger partial charge in [-0.2, -0.15) is 0 Å². The van der Waals surface area contributed by atoms with Crippen molar-refractivity contribution in [3.05, 3.63) is 54.1 Å². The Balaban J connectivity index is 1.44. The highest BCUT2D eigenvalue weighted by Gasteiger charge is 2.21. The molecule has 0 spiro atoms. The molecular weight excluding hydrogens is 384 g/mol. The van der Waals surface area contributed by atoms with Crippen LogP contribution in [0.4, 0.5) is 11.4 Å². The maximum absolute atomic E-state index is 12.4. The fourth-order valence-corrected chi connectivity index (χ4v) is 3.63. The van der Waals surface area contributed by atoms with E-state index < -0.39 is 0 Å². The number of nitrogens with zero attached hydrogens (tertiary/aromatic N) is 2. The van der Waals surface area contributed by atoms with Gasteiger partial charge in [0.25, 0.3) is 0 Å². The van der Waals surface area contributed by atoms with Gasteiger partial charge in [0, 0.05) is 37.6 Å². The second-order valence-corrected chi connectivity index (χ2v) is 7.37. The van der Waals surface area contributed by atoms with Crippen molar-refractivity contribution in [2.75, 3.05) is 50.5 Å². The Kier molecular flexibility index (Phi) is 7.43. The van der Waals surface area contributed by atoms with Gasteiger partial charge >= 0.3 is 0 Å². The third-order valence-corrected chi connectivity index (χ3v) is 5.40. The number of nitrogens with one attached hydrogen (secondary N) is 2. The van der Waals surface area contributed by atoms with Crippen LogP contribution in [0.2, 0.25) is 0 Å². The van der Waals surface area contributed by atoms with Crippen LogP contribution in [0.15, 0.2) is 48.5 Å². The lowest BCUT2D eigenvalue weighted by atomic mass is 10.1. The summed E-state index contributed by atoms with van der Waals surface area (Å²) in [5.41, 5.74) is 3.00. The molecule has 0 saturated carbocycles. The molecule has 0 atom stereocenters. The summed E-state index contributed by atoms with van der Waals surface area (Å²) in [6, 6.07) is 15.6. The molecule has 1 fully saturated rings. The summed E-state index contributed by atoms with van der Waals surface area (Å²) in [4.78, 5) is 16.7. The molecule has 0 bridgehead atoms. The van der Waals surface area contributed by atoms with Gasteiger partial charge in [-0.1, -0.05) is 25.1 Å². The molecule has 154 valence electrons. The lowest BCUT2D eigenvalue weighted by molar-refractivity contribution is -0.117. The number of carbonyl (C=O) groups is 1. The Bertz CT molecular complexity index is 833. The minimum Gasteiger partial charge on any atom is -0.497 e. The van der Waals surface area contributed by atoms with Crippen molar-refractivity contribution in [3.8, 4) is 5.75 Å². The predicted octanol–water partition coefficient (Wildman–Crippen LogP) is 3.21. The number of piperazine rings is 1. The molecule has 7 heteroatoms. The number of amides is 1. The van der Waals surface area contributed by atoms with Crippen LogP contribution >= 0.6 is 12.2 Å². The van der Waals surface area contributed by atoms with E-state index >= 15 is 0 Å². The summed E-state index contributed by atoms with van der Waals surface area (Å²) in [6.45, 7) is 5.67. The van der Waals surface area contributed by atoms with Crippen molar-refractivity contribution in [1.82, 2.24) is 9.80 Å². The van der Waals surface area contributed by atoms with Crippen LogP contribution in [0.1, 0.15) is 12.5 Å². The van der Waals surface area contributed by atoms with Gasteiger partial charge in [0.15, 0.2) is 5.11 Å². The maximum Gasteiger partial charge on any atom is 0.238 e. The third kappa shape index (κ3) is 5.92. The number of hydrogen-bond acceptors (Lipinski definition) is 4. The molecule has 1 amide bonds. The molecule has 0 unspecified atom stereocenters. The molecule has 2 aromatic carbocycles. The lowest BCUT2D eigenvalue weighted by Crippen LogP contribution is -2.51. The fourth-order valence-electron chi connectivity index (χ4n) is 3.33. The number of carbonyl (C=O) groups excluding carboxylic acids is 1. The molecule has 3 rings (SSSR count). The van der Waals surface area contributed by atoms with Gasteiger partial charge in [0.2, 0.25) is 5.91 Å². The molecule has 6 nitrogen and oxygen atoms in total. The van der Waals surface area contributed by atoms with Gasteiger partial charge in [0.05, 0.1) is 13.7 Å². The number of ether oxygens (including phenoxy) is 1. The largest absolute Gasteiger partial charge is 0.497 e. The molecule has 2 aromatic rings. The highest BCUT2D eigenvalue weighted by Crippen LogP contribution is 2.17. The van der Waals surface area contributed by atoms with Gasteiger partial charge in [-0.3, -0.25) is 9.69 Å². The highest BCUT2D eigenvalue weighted by molar-refractivity contribution is 7.80. The highest BCUT2D eigenvalue weighted by atomic mass is 32.1. The second-order valence-electron chi connectivity index (χ2n) is 6.98. The monoisotopic (exact) mass is 412 g/mol. The zero-order valence-electron chi connectivity index (χ0n) is 17.0. The van der Waals surface area contributed by atoms with Crippen molar-refractivity contribution >= 4 is 34.6 Å². The average Bonchev–Trinajstić information content (AvgIpc) is 2.75. The van der Waals surface area contributed by atoms with Crippen molar-refractivity contribution in [3.63, 3.8) is 0 Å². The van der Waals surface area contributed by atoms with E-state index in [0.717, 1.165) is 55.3 Å². The lowest BCUT2D eigenvalue weighted by Gasteiger charge is -2.35. The molecular formula is C22H28N4O2S. The van der Waals surface area contributed by atoms with E-state index in [1.807, 2.05) is 48.5 Å². The average molecular weight is 413 g/mol. The number of thiocarbonyl (C=S) groups is 1. The van der Waals surface area contributed by atoms with Gasteiger partial charge < -0.3 is 20.3 Å². The molecule has 0 aliphatic carbocycles. The van der Waals surface area contributed by atoms with Crippen LogP contribution in [0.5, 0.6) is 5.75 Å². The quantitative estimate of drug-likeness (QED) is 0.711. The van der Waals surface area contributed by atoms with E-state index in [0.29, 0.717) is 11.7 Å². The summed E-state index contributed by atoms with van der Waals surface area (Å²) < 4.78 is 5.18. The first-order chi connectivity index (χ1) is 14.1. The molecule has 1 saturated heterocycles. The normalized spacial score (nSPS) is 14.3. The molecule has 1 aliphatic rings. The van der Waals surface area contributed by atoms with E-state index in [4.69, 9.17) is 17.0 Å². The standard InChI is InChI=1S/C22H28N4O2S/c1-3-17-6-4-5-7-20(17)24-21(27)16-25-12-14-26(15-13-25)22(29)23-18-8-10-19(28-2)11-9-18/h4-11H,3,12-16H2,1-2H3,(H,23,29)(H,24,27). The molecule has 2 N–H and O–H groups in total. The van der Waals surface area contributed by atoms with Crippen LogP contribution in [0, 0.1) is 0 Å². The summed E-state index contributed by atoms with van der Waals surface area (Å²) >= 11 is 5.54. The second kappa shape index (κ2) is 10.2. The number of methoxy groups -OCH3 is 1. The first-order valence-corrected chi connectivity index (χ1v) is 10.3. The fraction of sp³-hybridized carbons (Fsp3) is 0.364. The third-order valence-electron chi connectivity index (χ3n) is 5.04. The minimum absolute atomic E-state index is 0.0262. The van der Waals surface area contributed by atoms with E-state index in [-0.39, 0.29) is 5.91 Å². The van der Waals surface area contributed by atoms with E-state index in [1.54, 1.807) is 7.11 Å². The Morgan fingerprint density at radius 2 is 1.72 bits per heavy atom. The summed E-state index contributed by atoms with van der Waals surface area (Å²) in [6.07, 6.45) is 0.897. The first kappa shape index (κ1) is 21.1. The van der Waals surface area contributed by atoms with E-state index in [9.17, 15) is 4.79 Å². The summed E-state index contributed by atoms with van der Waals surface area (Å²) in [5.74, 6) is 0.841. The maximum atomic E-state index is 12.4. The van der Waals surface area contributed by atoms with Crippen molar-refractivity contribution in [2.45, 2.75) is 13.3 Å². The van der Waals surface area contributed by atoms with Crippen LogP contribution < -0.4 is 15.4 Å². The minimum atomic E-state index is 0.0262. The molecule has 1 aliphatic heterocycles. The number of rotatable bonds is 6. The zero-order valence-corrected chi connectivity index (χ0v) is 17.8. The summed E-state index contributed by atoms with van der Waals surface area (Å²) in [7, 11) is 1.65. The number of benzene rings is 2. The van der Waals surface area contributed by atoms with Crippen molar-refractivity contribution < 1.29 is 9.53 Å². The van der Waals surface area contributed by atoms with Gasteiger partial charge in [-0.15, -0.1) is 0 Å². The van der Waals surface area contributed by atoms with Gasteiger partial charge in [-0.05, 0) is 54.5 Å². The van der Waals surface area contributed by atoms with Crippen molar-refractivity contribution in [2.24, 2.45) is 0 Å². The van der Waals surface area contributed by atoms with Crippen LogP contribution in [0.3, 0.4) is 0 Å². The summed E-state index contributed by atoms with van der Waals surface area (Å²) in [5, 5.41) is 7.01. The van der Waals surface area contributed by atoms with Gasteiger partial charge in [0.1, 0.15) is 5.75 Å². The van der Waals surface area contributed by atoms with Gasteiger partial charge in [-0.25, -0.2) is 0 Å². The molecule has 1 heterocycles. The zero-order chi connectivity index (χ0) is 20.6. The number of para-hydroxylation sites is 1. The van der Waals surface area contributed by atoms with E-state index in [2.05, 4.69) is 27.4 Å².